The van der Waals surface area contributed by atoms with Crippen molar-refractivity contribution in [2.45, 2.75) is 38.8 Å². The molecule has 1 aromatic heterocycles. The largest absolute Gasteiger partial charge is 0.312 e. The quantitative estimate of drug-likeness (QED) is 0.779. The number of hydrogen-bond acceptors (Lipinski definition) is 3. The highest BCUT2D eigenvalue weighted by molar-refractivity contribution is 4.79. The zero-order valence-corrected chi connectivity index (χ0v) is 8.69. The summed E-state index contributed by atoms with van der Waals surface area (Å²) in [5, 5.41) is 7.65. The lowest BCUT2D eigenvalue weighted by Gasteiger charge is -2.16. The summed E-state index contributed by atoms with van der Waals surface area (Å²) in [7, 11) is 0. The molecule has 4 heteroatoms. The second kappa shape index (κ2) is 4.55. The topological polar surface area (TPSA) is 42.7 Å². The molecular weight excluding hydrogens is 176 g/mol. The molecule has 0 bridgehead atoms. The monoisotopic (exact) mass is 194 g/mol. The Kier molecular flexibility index (Phi) is 3.14. The SMILES string of the molecule is CC1CCCC1NCCn1cncn1. The Hall–Kier alpha value is -0.900. The first-order valence-electron chi connectivity index (χ1n) is 5.42. The van der Waals surface area contributed by atoms with Crippen LogP contribution >= 0.6 is 0 Å². The second-order valence-corrected chi connectivity index (χ2v) is 4.13. The normalized spacial score (nSPS) is 26.9. The fourth-order valence-electron chi connectivity index (χ4n) is 2.16. The van der Waals surface area contributed by atoms with Gasteiger partial charge in [0.05, 0.1) is 6.54 Å². The van der Waals surface area contributed by atoms with E-state index in [9.17, 15) is 0 Å². The van der Waals surface area contributed by atoms with Crippen LogP contribution in [0.5, 0.6) is 0 Å². The van der Waals surface area contributed by atoms with Gasteiger partial charge in [-0.2, -0.15) is 5.10 Å². The van der Waals surface area contributed by atoms with Crippen LogP contribution in [0.2, 0.25) is 0 Å². The van der Waals surface area contributed by atoms with E-state index in [0.29, 0.717) is 0 Å². The van der Waals surface area contributed by atoms with Crippen molar-refractivity contribution in [1.82, 2.24) is 20.1 Å². The molecule has 0 aromatic carbocycles. The van der Waals surface area contributed by atoms with Gasteiger partial charge in [0.25, 0.3) is 0 Å². The van der Waals surface area contributed by atoms with E-state index in [-0.39, 0.29) is 0 Å². The van der Waals surface area contributed by atoms with E-state index in [2.05, 4.69) is 22.3 Å². The van der Waals surface area contributed by atoms with Crippen LogP contribution in [0, 0.1) is 5.92 Å². The maximum atomic E-state index is 4.06. The van der Waals surface area contributed by atoms with Gasteiger partial charge in [-0.3, -0.25) is 4.68 Å². The van der Waals surface area contributed by atoms with Crippen molar-refractivity contribution in [3.05, 3.63) is 12.7 Å². The highest BCUT2D eigenvalue weighted by atomic mass is 15.3. The highest BCUT2D eigenvalue weighted by Crippen LogP contribution is 2.24. The van der Waals surface area contributed by atoms with Gasteiger partial charge in [0.15, 0.2) is 0 Å². The first kappa shape index (κ1) is 9.65. The van der Waals surface area contributed by atoms with E-state index < -0.39 is 0 Å². The van der Waals surface area contributed by atoms with Gasteiger partial charge in [0, 0.05) is 12.6 Å². The van der Waals surface area contributed by atoms with Crippen molar-refractivity contribution < 1.29 is 0 Å². The van der Waals surface area contributed by atoms with Crippen molar-refractivity contribution in [3.63, 3.8) is 0 Å². The Balaban J connectivity index is 1.68. The number of nitrogens with zero attached hydrogens (tertiary/aromatic N) is 3. The molecule has 1 aliphatic carbocycles. The molecule has 2 atom stereocenters. The lowest BCUT2D eigenvalue weighted by Crippen LogP contribution is -2.33. The first-order valence-corrected chi connectivity index (χ1v) is 5.42. The molecule has 2 rings (SSSR count). The van der Waals surface area contributed by atoms with Crippen molar-refractivity contribution in [2.75, 3.05) is 6.54 Å². The third kappa shape index (κ3) is 2.32. The Morgan fingerprint density at radius 3 is 3.07 bits per heavy atom. The standard InChI is InChI=1S/C10H18N4/c1-9-3-2-4-10(9)12-5-6-14-8-11-7-13-14/h7-10,12H,2-6H2,1H3. The van der Waals surface area contributed by atoms with Crippen LogP contribution < -0.4 is 5.32 Å². The van der Waals surface area contributed by atoms with Crippen molar-refractivity contribution >= 4 is 0 Å². The molecule has 78 valence electrons. The second-order valence-electron chi connectivity index (χ2n) is 4.13. The van der Waals surface area contributed by atoms with Gasteiger partial charge in [0.1, 0.15) is 12.7 Å². The molecule has 0 amide bonds. The molecule has 1 aromatic rings. The minimum absolute atomic E-state index is 0.721. The maximum Gasteiger partial charge on any atom is 0.137 e. The third-order valence-corrected chi connectivity index (χ3v) is 3.08. The Labute approximate surface area is 84.7 Å². The van der Waals surface area contributed by atoms with Crippen molar-refractivity contribution in [3.8, 4) is 0 Å². The summed E-state index contributed by atoms with van der Waals surface area (Å²) in [5.41, 5.74) is 0. The van der Waals surface area contributed by atoms with Crippen molar-refractivity contribution in [1.29, 1.82) is 0 Å². The molecule has 1 N–H and O–H groups in total. The van der Waals surface area contributed by atoms with E-state index in [1.54, 1.807) is 12.7 Å². The van der Waals surface area contributed by atoms with Gasteiger partial charge >= 0.3 is 0 Å². The van der Waals surface area contributed by atoms with Crippen LogP contribution in [0.25, 0.3) is 0 Å². The molecule has 1 aliphatic rings. The average Bonchev–Trinajstić information content (AvgIpc) is 2.78. The molecule has 14 heavy (non-hydrogen) atoms. The summed E-state index contributed by atoms with van der Waals surface area (Å²) in [4.78, 5) is 3.91. The summed E-state index contributed by atoms with van der Waals surface area (Å²) in [5.74, 6) is 0.839. The molecule has 4 nitrogen and oxygen atoms in total. The summed E-state index contributed by atoms with van der Waals surface area (Å²) in [6, 6.07) is 0.721. The van der Waals surface area contributed by atoms with Crippen LogP contribution in [0.1, 0.15) is 26.2 Å². The van der Waals surface area contributed by atoms with E-state index in [1.807, 2.05) is 4.68 Å². The van der Waals surface area contributed by atoms with Gasteiger partial charge in [0.2, 0.25) is 0 Å². The Morgan fingerprint density at radius 1 is 1.50 bits per heavy atom. The number of hydrogen-bond donors (Lipinski definition) is 1. The van der Waals surface area contributed by atoms with E-state index in [4.69, 9.17) is 0 Å². The molecule has 0 spiro atoms. The van der Waals surface area contributed by atoms with Crippen LogP contribution in [0.4, 0.5) is 0 Å². The van der Waals surface area contributed by atoms with Crippen LogP contribution in [-0.2, 0) is 6.54 Å². The summed E-state index contributed by atoms with van der Waals surface area (Å²) in [6.07, 6.45) is 7.43. The van der Waals surface area contributed by atoms with E-state index in [0.717, 1.165) is 25.0 Å². The van der Waals surface area contributed by atoms with Crippen LogP contribution in [0.3, 0.4) is 0 Å². The van der Waals surface area contributed by atoms with E-state index >= 15 is 0 Å². The van der Waals surface area contributed by atoms with Crippen LogP contribution in [-0.4, -0.2) is 27.4 Å². The average molecular weight is 194 g/mol. The maximum absolute atomic E-state index is 4.06. The molecular formula is C10H18N4. The third-order valence-electron chi connectivity index (χ3n) is 3.08. The molecule has 1 heterocycles. The molecule has 0 aliphatic heterocycles. The molecule has 1 saturated carbocycles. The van der Waals surface area contributed by atoms with Gasteiger partial charge in [-0.05, 0) is 18.8 Å². The van der Waals surface area contributed by atoms with Crippen LogP contribution in [0.15, 0.2) is 12.7 Å². The number of nitrogens with one attached hydrogen (secondary N) is 1. The summed E-state index contributed by atoms with van der Waals surface area (Å²) in [6.45, 7) is 4.25. The van der Waals surface area contributed by atoms with Crippen molar-refractivity contribution in [2.24, 2.45) is 5.92 Å². The molecule has 0 saturated heterocycles. The summed E-state index contributed by atoms with van der Waals surface area (Å²) >= 11 is 0. The van der Waals surface area contributed by atoms with Gasteiger partial charge in [-0.15, -0.1) is 0 Å². The Morgan fingerprint density at radius 2 is 2.43 bits per heavy atom. The van der Waals surface area contributed by atoms with Gasteiger partial charge in [-0.1, -0.05) is 13.3 Å². The fourth-order valence-corrected chi connectivity index (χ4v) is 2.16. The smallest absolute Gasteiger partial charge is 0.137 e. The predicted octanol–water partition coefficient (Wildman–Crippen LogP) is 1.06. The Bertz CT molecular complexity index is 257. The zero-order valence-electron chi connectivity index (χ0n) is 8.69. The number of aromatic nitrogens is 3. The molecule has 0 radical (unpaired) electrons. The number of rotatable bonds is 4. The minimum atomic E-state index is 0.721. The highest BCUT2D eigenvalue weighted by Gasteiger charge is 2.21. The van der Waals surface area contributed by atoms with Gasteiger partial charge < -0.3 is 5.32 Å². The zero-order chi connectivity index (χ0) is 9.80. The van der Waals surface area contributed by atoms with Gasteiger partial charge in [-0.25, -0.2) is 4.98 Å². The van der Waals surface area contributed by atoms with E-state index in [1.165, 1.54) is 19.3 Å². The molecule has 1 fully saturated rings. The predicted molar refractivity (Wildman–Crippen MR) is 54.8 cm³/mol. The fraction of sp³-hybridized carbons (Fsp3) is 0.800. The lowest BCUT2D eigenvalue weighted by molar-refractivity contribution is 0.410. The lowest BCUT2D eigenvalue weighted by atomic mass is 10.1. The molecule has 2 unspecified atom stereocenters. The summed E-state index contributed by atoms with van der Waals surface area (Å²) < 4.78 is 1.87. The first-order chi connectivity index (χ1) is 6.86. The minimum Gasteiger partial charge on any atom is -0.312 e.